The van der Waals surface area contributed by atoms with Gasteiger partial charge in [0, 0.05) is 11.3 Å². The van der Waals surface area contributed by atoms with Crippen LogP contribution in [0, 0.1) is 11.3 Å². The van der Waals surface area contributed by atoms with E-state index in [-0.39, 0.29) is 28.4 Å². The minimum atomic E-state index is -3.96. The van der Waals surface area contributed by atoms with Crippen LogP contribution in [0.4, 0.5) is 0 Å². The number of hydrogen-bond donors (Lipinski definition) is 1. The summed E-state index contributed by atoms with van der Waals surface area (Å²) in [7, 11) is 0.406. The molecule has 0 saturated heterocycles. The Kier molecular flexibility index (Phi) is 6.45. The van der Waals surface area contributed by atoms with Crippen LogP contribution in [0.15, 0.2) is 57.5 Å². The quantitative estimate of drug-likeness (QED) is 0.454. The molecule has 2 aromatic rings. The number of rotatable bonds is 7. The number of esters is 1. The van der Waals surface area contributed by atoms with E-state index in [1.165, 1.54) is 27.4 Å². The highest BCUT2D eigenvalue weighted by Gasteiger charge is 2.47. The standard InChI is InChI=1S/C25H24N2O7S/c1-14-20(25(28)34-11-7-10-26)21(15-12-17(31-2)23(33-4)18(13-15)32-3)24-22(27-14)16-8-5-6-9-19(16)35(24,29)30/h5-6,8-9,12-13,21,27H,7,11H2,1-4H3/t21-/m1/s1. The van der Waals surface area contributed by atoms with Gasteiger partial charge in [-0.15, -0.1) is 0 Å². The van der Waals surface area contributed by atoms with Gasteiger partial charge in [0.1, 0.15) is 6.61 Å². The Hall–Kier alpha value is -3.97. The van der Waals surface area contributed by atoms with Gasteiger partial charge in [0.15, 0.2) is 11.5 Å². The van der Waals surface area contributed by atoms with Gasteiger partial charge in [-0.05, 0) is 30.7 Å². The first-order valence-corrected chi connectivity index (χ1v) is 12.2. The largest absolute Gasteiger partial charge is 0.493 e. The Labute approximate surface area is 203 Å². The summed E-state index contributed by atoms with van der Waals surface area (Å²) in [6, 6.07) is 11.8. The van der Waals surface area contributed by atoms with Gasteiger partial charge in [0.2, 0.25) is 15.6 Å². The SMILES string of the molecule is COc1cc([C@@H]2C(C(=O)OCCC#N)=C(C)NC3=C2S(=O)(=O)c2ccccc23)cc(OC)c1OC. The van der Waals surface area contributed by atoms with Gasteiger partial charge < -0.3 is 24.3 Å². The summed E-state index contributed by atoms with van der Waals surface area (Å²) in [5.74, 6) is -0.789. The fraction of sp³-hybridized carbons (Fsp3) is 0.280. The molecule has 0 spiro atoms. The highest BCUT2D eigenvalue weighted by Crippen LogP contribution is 2.52. The molecule has 0 saturated carbocycles. The third-order valence-corrected chi connectivity index (χ3v) is 7.89. The second-order valence-electron chi connectivity index (χ2n) is 7.84. The Morgan fingerprint density at radius 3 is 2.34 bits per heavy atom. The summed E-state index contributed by atoms with van der Waals surface area (Å²) in [4.78, 5) is 13.4. The summed E-state index contributed by atoms with van der Waals surface area (Å²) >= 11 is 0. The fourth-order valence-corrected chi connectivity index (χ4v) is 6.40. The Morgan fingerprint density at radius 1 is 1.09 bits per heavy atom. The molecule has 9 nitrogen and oxygen atoms in total. The van der Waals surface area contributed by atoms with Crippen molar-refractivity contribution in [2.75, 3.05) is 27.9 Å². The number of hydrogen-bond acceptors (Lipinski definition) is 9. The zero-order valence-corrected chi connectivity index (χ0v) is 20.5. The van der Waals surface area contributed by atoms with Crippen molar-refractivity contribution in [3.05, 3.63) is 63.7 Å². The number of fused-ring (bicyclic) bond motifs is 2. The smallest absolute Gasteiger partial charge is 0.336 e. The number of allylic oxidation sites excluding steroid dienone is 2. The van der Waals surface area contributed by atoms with Crippen LogP contribution in [0.1, 0.15) is 30.4 Å². The average molecular weight is 497 g/mol. The third kappa shape index (κ3) is 3.88. The number of carbonyl (C=O) groups excluding carboxylic acids is 1. The van der Waals surface area contributed by atoms with E-state index in [2.05, 4.69) is 5.32 Å². The minimum Gasteiger partial charge on any atom is -0.493 e. The van der Waals surface area contributed by atoms with Crippen LogP contribution in [0.3, 0.4) is 0 Å². The first-order valence-electron chi connectivity index (χ1n) is 10.7. The van der Waals surface area contributed by atoms with Crippen molar-refractivity contribution in [1.29, 1.82) is 5.26 Å². The summed E-state index contributed by atoms with van der Waals surface area (Å²) in [5, 5.41) is 12.0. The van der Waals surface area contributed by atoms with E-state index >= 15 is 0 Å². The van der Waals surface area contributed by atoms with Crippen molar-refractivity contribution < 1.29 is 32.2 Å². The van der Waals surface area contributed by atoms with Crippen LogP contribution in [0.25, 0.3) is 5.70 Å². The van der Waals surface area contributed by atoms with Crippen molar-refractivity contribution >= 4 is 21.5 Å². The Balaban J connectivity index is 1.98. The number of nitrogens with zero attached hydrogens (tertiary/aromatic N) is 1. The lowest BCUT2D eigenvalue weighted by molar-refractivity contribution is -0.139. The predicted molar refractivity (Wildman–Crippen MR) is 126 cm³/mol. The number of benzene rings is 2. The van der Waals surface area contributed by atoms with E-state index < -0.39 is 21.7 Å². The van der Waals surface area contributed by atoms with Crippen molar-refractivity contribution in [3.63, 3.8) is 0 Å². The molecule has 1 atom stereocenters. The van der Waals surface area contributed by atoms with Crippen molar-refractivity contribution in [2.45, 2.75) is 24.2 Å². The number of nitriles is 1. The van der Waals surface area contributed by atoms with Crippen LogP contribution in [-0.2, 0) is 19.4 Å². The second-order valence-corrected chi connectivity index (χ2v) is 9.72. The van der Waals surface area contributed by atoms with Crippen molar-refractivity contribution in [2.24, 2.45) is 0 Å². The molecule has 0 radical (unpaired) electrons. The van der Waals surface area contributed by atoms with Crippen LogP contribution >= 0.6 is 0 Å². The summed E-state index contributed by atoms with van der Waals surface area (Å²) in [5.41, 5.74) is 1.93. The lowest BCUT2D eigenvalue weighted by atomic mass is 9.85. The molecule has 0 amide bonds. The van der Waals surface area contributed by atoms with E-state index in [9.17, 15) is 13.2 Å². The van der Waals surface area contributed by atoms with Crippen LogP contribution in [-0.4, -0.2) is 42.3 Å². The summed E-state index contributed by atoms with van der Waals surface area (Å²) < 4.78 is 49.2. The molecular weight excluding hydrogens is 472 g/mol. The molecule has 0 fully saturated rings. The molecule has 0 bridgehead atoms. The summed E-state index contributed by atoms with van der Waals surface area (Å²) in [6.07, 6.45) is 0.0119. The van der Waals surface area contributed by atoms with Gasteiger partial charge in [-0.1, -0.05) is 18.2 Å². The maximum atomic E-state index is 13.8. The normalized spacial score (nSPS) is 17.6. The Morgan fingerprint density at radius 2 is 1.74 bits per heavy atom. The zero-order chi connectivity index (χ0) is 25.3. The topological polar surface area (TPSA) is 124 Å². The monoisotopic (exact) mass is 496 g/mol. The van der Waals surface area contributed by atoms with Crippen LogP contribution in [0.2, 0.25) is 0 Å². The van der Waals surface area contributed by atoms with Crippen LogP contribution < -0.4 is 19.5 Å². The van der Waals surface area contributed by atoms with Gasteiger partial charge in [-0.25, -0.2) is 13.2 Å². The molecule has 10 heteroatoms. The van der Waals surface area contributed by atoms with Gasteiger partial charge >= 0.3 is 5.97 Å². The lowest BCUT2D eigenvalue weighted by Gasteiger charge is -2.29. The third-order valence-electron chi connectivity index (χ3n) is 5.94. The molecule has 0 unspecified atom stereocenters. The number of nitrogens with one attached hydrogen (secondary N) is 1. The van der Waals surface area contributed by atoms with Gasteiger partial charge in [0.25, 0.3) is 0 Å². The molecule has 2 aromatic carbocycles. The molecule has 2 aliphatic rings. The number of carbonyl (C=O) groups is 1. The molecule has 2 aliphatic heterocycles. The number of ether oxygens (including phenoxy) is 4. The molecule has 35 heavy (non-hydrogen) atoms. The first kappa shape index (κ1) is 24.2. The molecule has 0 aliphatic carbocycles. The number of dihydropyridines is 1. The molecule has 182 valence electrons. The number of methoxy groups -OCH3 is 3. The lowest BCUT2D eigenvalue weighted by Crippen LogP contribution is -2.29. The molecule has 2 heterocycles. The van der Waals surface area contributed by atoms with E-state index in [1.54, 1.807) is 37.3 Å². The molecule has 1 N–H and O–H groups in total. The zero-order valence-electron chi connectivity index (χ0n) is 19.7. The van der Waals surface area contributed by atoms with Gasteiger partial charge in [-0.3, -0.25) is 0 Å². The molecule has 4 rings (SSSR count). The second kappa shape index (κ2) is 9.35. The first-order chi connectivity index (χ1) is 16.8. The van der Waals surface area contributed by atoms with Gasteiger partial charge in [-0.2, -0.15) is 5.26 Å². The highest BCUT2D eigenvalue weighted by molar-refractivity contribution is 7.96. The summed E-state index contributed by atoms with van der Waals surface area (Å²) in [6.45, 7) is 1.57. The average Bonchev–Trinajstić information content (AvgIpc) is 3.08. The van der Waals surface area contributed by atoms with E-state index in [1.807, 2.05) is 6.07 Å². The molecule has 0 aromatic heterocycles. The maximum absolute atomic E-state index is 13.8. The van der Waals surface area contributed by atoms with Crippen molar-refractivity contribution in [3.8, 4) is 23.3 Å². The molecular formula is C25H24N2O7S. The van der Waals surface area contributed by atoms with Crippen molar-refractivity contribution in [1.82, 2.24) is 5.32 Å². The highest BCUT2D eigenvalue weighted by atomic mass is 32.2. The van der Waals surface area contributed by atoms with Gasteiger partial charge in [0.05, 0.1) is 60.8 Å². The van der Waals surface area contributed by atoms with E-state index in [4.69, 9.17) is 24.2 Å². The Bertz CT molecular complexity index is 1390. The predicted octanol–water partition coefficient (Wildman–Crippen LogP) is 3.29. The minimum absolute atomic E-state index is 0.0119. The fourth-order valence-electron chi connectivity index (χ4n) is 4.45. The van der Waals surface area contributed by atoms with E-state index in [0.717, 1.165) is 0 Å². The maximum Gasteiger partial charge on any atom is 0.336 e. The number of sulfone groups is 1. The van der Waals surface area contributed by atoms with E-state index in [0.29, 0.717) is 39.8 Å². The van der Waals surface area contributed by atoms with Crippen LogP contribution in [0.5, 0.6) is 17.2 Å².